The Morgan fingerprint density at radius 3 is 2.61 bits per heavy atom. The van der Waals surface area contributed by atoms with E-state index in [1.807, 2.05) is 61.5 Å². The number of aliphatic hydroxyl groups is 1. The number of carbonyl (C=O) groups excluding carboxylic acids is 1. The van der Waals surface area contributed by atoms with Gasteiger partial charge in [-0.05, 0) is 30.2 Å². The van der Waals surface area contributed by atoms with E-state index in [2.05, 4.69) is 10.0 Å². The molecule has 6 atom stereocenters. The summed E-state index contributed by atoms with van der Waals surface area (Å²) in [4.78, 5) is 15.8. The summed E-state index contributed by atoms with van der Waals surface area (Å²) in [5.74, 6) is -0.557. The topological polar surface area (TPSA) is 114 Å². The van der Waals surface area contributed by atoms with Gasteiger partial charge in [-0.1, -0.05) is 64.9 Å². The van der Waals surface area contributed by atoms with Crippen LogP contribution in [0.3, 0.4) is 0 Å². The van der Waals surface area contributed by atoms with Gasteiger partial charge < -0.3 is 19.3 Å². The second-order valence-corrected chi connectivity index (χ2v) is 8.83. The highest BCUT2D eigenvalue weighted by Gasteiger charge is 2.64. The van der Waals surface area contributed by atoms with Crippen LogP contribution in [0.25, 0.3) is 10.4 Å². The van der Waals surface area contributed by atoms with Gasteiger partial charge in [-0.2, -0.15) is 0 Å². The highest BCUT2D eigenvalue weighted by atomic mass is 32.2. The summed E-state index contributed by atoms with van der Waals surface area (Å²) in [6, 6.07) is 15.9. The highest BCUT2D eigenvalue weighted by Crippen LogP contribution is 2.50. The van der Waals surface area contributed by atoms with Crippen molar-refractivity contribution in [2.75, 3.05) is 6.61 Å². The molecule has 0 aromatic heterocycles. The van der Waals surface area contributed by atoms with Gasteiger partial charge in [0.2, 0.25) is 0 Å². The number of azide groups is 1. The molecule has 162 valence electrons. The Morgan fingerprint density at radius 1 is 1.26 bits per heavy atom. The molecule has 2 aromatic rings. The van der Waals surface area contributed by atoms with E-state index in [0.717, 1.165) is 16.0 Å². The molecule has 8 nitrogen and oxygen atoms in total. The molecule has 31 heavy (non-hydrogen) atoms. The van der Waals surface area contributed by atoms with E-state index in [0.29, 0.717) is 0 Å². The average molecular weight is 442 g/mol. The van der Waals surface area contributed by atoms with Crippen LogP contribution in [-0.2, 0) is 19.0 Å². The van der Waals surface area contributed by atoms with Gasteiger partial charge >= 0.3 is 5.97 Å². The number of fused-ring (bicyclic) bond motifs is 1. The molecule has 4 rings (SSSR count). The van der Waals surface area contributed by atoms with Crippen LogP contribution in [0.1, 0.15) is 24.2 Å². The third kappa shape index (κ3) is 4.15. The fraction of sp³-hybridized carbons (Fsp3) is 0.409. The smallest absolute Gasteiger partial charge is 0.303 e. The standard InChI is InChI=1S/C22H23N3O5S/c1-13-8-10-16(11-9-13)31-21-18(29-14(2)26)19(24-25-23)22(27)17(30-21)12-28-20(22)15-6-4-3-5-7-15/h3-11,17-21,27H,12H2,1-2H3/t17-,18-,19-,20?,21+,22+/m1/s1. The molecule has 0 radical (unpaired) electrons. The maximum atomic E-state index is 11.9. The van der Waals surface area contributed by atoms with Crippen LogP contribution in [0.4, 0.5) is 0 Å². The van der Waals surface area contributed by atoms with Crippen LogP contribution in [0.5, 0.6) is 0 Å². The maximum absolute atomic E-state index is 11.9. The first-order valence-electron chi connectivity index (χ1n) is 9.92. The summed E-state index contributed by atoms with van der Waals surface area (Å²) in [5.41, 5.74) is 8.74. The van der Waals surface area contributed by atoms with Crippen molar-refractivity contribution in [3.63, 3.8) is 0 Å². The monoisotopic (exact) mass is 441 g/mol. The third-order valence-electron chi connectivity index (χ3n) is 5.56. The number of thioether (sulfide) groups is 1. The quantitative estimate of drug-likeness (QED) is 0.326. The van der Waals surface area contributed by atoms with Crippen LogP contribution in [0, 0.1) is 6.92 Å². The molecule has 0 amide bonds. The molecule has 2 aromatic carbocycles. The fourth-order valence-electron chi connectivity index (χ4n) is 4.13. The predicted octanol–water partition coefficient (Wildman–Crippen LogP) is 3.93. The first-order valence-corrected chi connectivity index (χ1v) is 10.8. The molecule has 0 aliphatic carbocycles. The number of aryl methyl sites for hydroxylation is 1. The summed E-state index contributed by atoms with van der Waals surface area (Å²) in [6.07, 6.45) is -2.56. The minimum atomic E-state index is -1.70. The Hall–Kier alpha value is -2.55. The van der Waals surface area contributed by atoms with Crippen LogP contribution in [0.2, 0.25) is 0 Å². The zero-order chi connectivity index (χ0) is 22.0. The minimum absolute atomic E-state index is 0.116. The van der Waals surface area contributed by atoms with Crippen molar-refractivity contribution >= 4 is 17.7 Å². The van der Waals surface area contributed by atoms with Gasteiger partial charge in [-0.3, -0.25) is 4.79 Å². The largest absolute Gasteiger partial charge is 0.458 e. The second kappa shape index (κ2) is 8.90. The van der Waals surface area contributed by atoms with Crippen LogP contribution < -0.4 is 0 Å². The maximum Gasteiger partial charge on any atom is 0.303 e. The predicted molar refractivity (Wildman–Crippen MR) is 114 cm³/mol. The van der Waals surface area contributed by atoms with Gasteiger partial charge in [-0.15, -0.1) is 0 Å². The van der Waals surface area contributed by atoms with E-state index < -0.39 is 41.4 Å². The Bertz CT molecular complexity index is 982. The molecule has 1 N–H and O–H groups in total. The van der Waals surface area contributed by atoms with Gasteiger partial charge in [0.25, 0.3) is 0 Å². The van der Waals surface area contributed by atoms with Crippen molar-refractivity contribution in [1.82, 2.24) is 0 Å². The first-order chi connectivity index (χ1) is 14.9. The van der Waals surface area contributed by atoms with Crippen molar-refractivity contribution in [2.24, 2.45) is 5.11 Å². The molecule has 2 saturated heterocycles. The number of carbonyl (C=O) groups is 1. The number of benzene rings is 2. The Morgan fingerprint density at radius 2 is 1.97 bits per heavy atom. The van der Waals surface area contributed by atoms with Gasteiger partial charge in [-0.25, -0.2) is 0 Å². The van der Waals surface area contributed by atoms with Crippen LogP contribution in [-0.4, -0.2) is 47.0 Å². The first kappa shape index (κ1) is 21.7. The van der Waals surface area contributed by atoms with E-state index in [4.69, 9.17) is 14.2 Å². The molecule has 2 heterocycles. The van der Waals surface area contributed by atoms with Crippen molar-refractivity contribution < 1.29 is 24.1 Å². The summed E-state index contributed by atoms with van der Waals surface area (Å²) < 4.78 is 17.7. The van der Waals surface area contributed by atoms with Crippen LogP contribution in [0.15, 0.2) is 64.6 Å². The van der Waals surface area contributed by atoms with Gasteiger partial charge in [0.1, 0.15) is 35.4 Å². The van der Waals surface area contributed by atoms with Gasteiger partial charge in [0, 0.05) is 16.7 Å². The lowest BCUT2D eigenvalue weighted by Crippen LogP contribution is -2.65. The van der Waals surface area contributed by atoms with Gasteiger partial charge in [0.05, 0.1) is 6.61 Å². The van der Waals surface area contributed by atoms with E-state index in [-0.39, 0.29) is 6.61 Å². The normalized spacial score (nSPS) is 32.0. The molecule has 2 fully saturated rings. The van der Waals surface area contributed by atoms with E-state index in [1.165, 1.54) is 18.7 Å². The molecule has 2 aliphatic rings. The van der Waals surface area contributed by atoms with E-state index in [9.17, 15) is 15.4 Å². The lowest BCUT2D eigenvalue weighted by atomic mass is 9.78. The molecule has 2 aliphatic heterocycles. The third-order valence-corrected chi connectivity index (χ3v) is 6.71. The molecule has 0 saturated carbocycles. The number of hydrogen-bond acceptors (Lipinski definition) is 7. The van der Waals surface area contributed by atoms with Crippen molar-refractivity contribution in [2.45, 2.75) is 54.1 Å². The second-order valence-electron chi connectivity index (χ2n) is 7.66. The summed E-state index contributed by atoms with van der Waals surface area (Å²) in [6.45, 7) is 3.38. The lowest BCUT2D eigenvalue weighted by molar-refractivity contribution is -0.208. The Balaban J connectivity index is 1.73. The number of rotatable bonds is 5. The molecule has 9 heteroatoms. The number of esters is 1. The number of nitrogens with zero attached hydrogens (tertiary/aromatic N) is 3. The average Bonchev–Trinajstić information content (AvgIpc) is 3.09. The van der Waals surface area contributed by atoms with Gasteiger partial charge in [0.15, 0.2) is 0 Å². The summed E-state index contributed by atoms with van der Waals surface area (Å²) in [7, 11) is 0. The molecular weight excluding hydrogens is 418 g/mol. The lowest BCUT2D eigenvalue weighted by Gasteiger charge is -2.47. The number of ether oxygens (including phenoxy) is 3. The van der Waals surface area contributed by atoms with Crippen molar-refractivity contribution in [3.8, 4) is 0 Å². The Kier molecular flexibility index (Phi) is 6.22. The van der Waals surface area contributed by atoms with Crippen molar-refractivity contribution in [3.05, 3.63) is 76.2 Å². The fourth-order valence-corrected chi connectivity index (χ4v) is 5.22. The molecular formula is C22H23N3O5S. The Labute approximate surface area is 184 Å². The number of hydrogen-bond donors (Lipinski definition) is 1. The summed E-state index contributed by atoms with van der Waals surface area (Å²) >= 11 is 1.35. The van der Waals surface area contributed by atoms with Crippen molar-refractivity contribution in [1.29, 1.82) is 0 Å². The SMILES string of the molecule is CC(=O)O[C@@H]1[C@@H](N=[N+]=[N-])[C@]2(O)C(c3ccccc3)OC[C@H]2O[C@H]1Sc1ccc(C)cc1. The zero-order valence-corrected chi connectivity index (χ0v) is 17.9. The molecule has 0 bridgehead atoms. The summed E-state index contributed by atoms with van der Waals surface area (Å²) in [5, 5.41) is 15.7. The highest BCUT2D eigenvalue weighted by molar-refractivity contribution is 7.99. The van der Waals surface area contributed by atoms with E-state index >= 15 is 0 Å². The molecule has 1 unspecified atom stereocenters. The van der Waals surface area contributed by atoms with E-state index in [1.54, 1.807) is 0 Å². The zero-order valence-electron chi connectivity index (χ0n) is 17.1. The minimum Gasteiger partial charge on any atom is -0.458 e. The molecule has 0 spiro atoms. The van der Waals surface area contributed by atoms with Crippen LogP contribution >= 0.6 is 11.8 Å².